The lowest BCUT2D eigenvalue weighted by atomic mass is 10.3. The number of carbonyl (C=O) groups excluding carboxylic acids is 1. The molecule has 1 amide bonds. The van der Waals surface area contributed by atoms with Gasteiger partial charge in [-0.25, -0.2) is 9.78 Å². The molecule has 0 aliphatic rings. The number of H-pyrrole nitrogens is 1. The number of ether oxygens (including phenoxy) is 1. The first-order valence-corrected chi connectivity index (χ1v) is 9.79. The third-order valence-electron chi connectivity index (χ3n) is 3.96. The number of aliphatic hydroxyl groups is 1. The molecule has 154 valence electrons. The number of aromatic amines is 1. The van der Waals surface area contributed by atoms with Gasteiger partial charge in [-0.15, -0.1) is 0 Å². The Morgan fingerprint density at radius 1 is 1.38 bits per heavy atom. The molecule has 0 unspecified atom stereocenters. The molecule has 1 aromatic carbocycles. The molecular formula is C17H18ClN5O5S. The summed E-state index contributed by atoms with van der Waals surface area (Å²) in [5.74, 6) is -0.123. The highest BCUT2D eigenvalue weighted by Crippen LogP contribution is 2.22. The van der Waals surface area contributed by atoms with E-state index in [2.05, 4.69) is 9.97 Å². The molecule has 2 heterocycles. The van der Waals surface area contributed by atoms with Crippen molar-refractivity contribution in [2.24, 2.45) is 12.8 Å². The number of thioether (sulfide) groups is 1. The van der Waals surface area contributed by atoms with Crippen LogP contribution in [0, 0.1) is 0 Å². The zero-order chi connectivity index (χ0) is 21.1. The van der Waals surface area contributed by atoms with Crippen molar-refractivity contribution < 1.29 is 14.6 Å². The van der Waals surface area contributed by atoms with Gasteiger partial charge in [-0.3, -0.25) is 19.1 Å². The van der Waals surface area contributed by atoms with Gasteiger partial charge >= 0.3 is 5.69 Å². The van der Waals surface area contributed by atoms with E-state index < -0.39 is 23.3 Å². The fourth-order valence-corrected chi connectivity index (χ4v) is 3.49. The molecule has 12 heteroatoms. The summed E-state index contributed by atoms with van der Waals surface area (Å²) in [7, 11) is 1.46. The van der Waals surface area contributed by atoms with Crippen LogP contribution in [0.2, 0.25) is 5.02 Å². The van der Waals surface area contributed by atoms with Crippen LogP contribution in [0.1, 0.15) is 0 Å². The van der Waals surface area contributed by atoms with Crippen LogP contribution in [0.5, 0.6) is 5.75 Å². The van der Waals surface area contributed by atoms with Crippen LogP contribution in [-0.2, 0) is 18.4 Å². The summed E-state index contributed by atoms with van der Waals surface area (Å²) >= 11 is 6.83. The highest BCUT2D eigenvalue weighted by molar-refractivity contribution is 7.99. The van der Waals surface area contributed by atoms with E-state index in [1.165, 1.54) is 16.2 Å². The lowest BCUT2D eigenvalue weighted by Crippen LogP contribution is -2.30. The first kappa shape index (κ1) is 21.0. The maximum Gasteiger partial charge on any atom is 0.329 e. The molecule has 0 saturated heterocycles. The van der Waals surface area contributed by atoms with Gasteiger partial charge < -0.3 is 20.1 Å². The largest absolute Gasteiger partial charge is 0.491 e. The molecule has 2 aromatic heterocycles. The monoisotopic (exact) mass is 439 g/mol. The summed E-state index contributed by atoms with van der Waals surface area (Å²) in [6, 6.07) is 6.64. The number of rotatable bonds is 8. The van der Waals surface area contributed by atoms with Crippen LogP contribution in [0.25, 0.3) is 11.2 Å². The Balaban J connectivity index is 1.89. The first-order chi connectivity index (χ1) is 13.8. The van der Waals surface area contributed by atoms with E-state index in [1.807, 2.05) is 0 Å². The second kappa shape index (κ2) is 8.72. The molecule has 0 bridgehead atoms. The van der Waals surface area contributed by atoms with Crippen molar-refractivity contribution >= 4 is 40.4 Å². The van der Waals surface area contributed by atoms with Crippen molar-refractivity contribution in [3.8, 4) is 5.75 Å². The normalized spacial score (nSPS) is 12.2. The number of carbonyl (C=O) groups is 1. The third kappa shape index (κ3) is 4.81. The SMILES string of the molecule is Cn1c(=O)[nH]c(=O)c2c1nc(SCC(N)=O)n2C[C@H](O)COc1ccc(Cl)cc1. The maximum absolute atomic E-state index is 12.4. The minimum absolute atomic E-state index is 0.0491. The van der Waals surface area contributed by atoms with Gasteiger partial charge in [-0.05, 0) is 24.3 Å². The fraction of sp³-hybridized carbons (Fsp3) is 0.294. The topological polar surface area (TPSA) is 145 Å². The van der Waals surface area contributed by atoms with Crippen molar-refractivity contribution in [1.82, 2.24) is 19.1 Å². The minimum atomic E-state index is -1.01. The molecule has 10 nitrogen and oxygen atoms in total. The summed E-state index contributed by atoms with van der Waals surface area (Å²) in [5, 5.41) is 11.3. The average Bonchev–Trinajstić information content (AvgIpc) is 3.03. The van der Waals surface area contributed by atoms with Crippen molar-refractivity contribution in [2.45, 2.75) is 17.8 Å². The molecule has 0 fully saturated rings. The summed E-state index contributed by atoms with van der Waals surface area (Å²) in [6.07, 6.45) is -1.01. The third-order valence-corrected chi connectivity index (χ3v) is 5.22. The van der Waals surface area contributed by atoms with Crippen LogP contribution >= 0.6 is 23.4 Å². The van der Waals surface area contributed by atoms with Gasteiger partial charge in [0.25, 0.3) is 5.56 Å². The lowest BCUT2D eigenvalue weighted by Gasteiger charge is -2.15. The molecule has 0 spiro atoms. The molecule has 3 rings (SSSR count). The van der Waals surface area contributed by atoms with E-state index in [1.54, 1.807) is 24.3 Å². The van der Waals surface area contributed by atoms with E-state index in [4.69, 9.17) is 22.1 Å². The molecule has 4 N–H and O–H groups in total. The highest BCUT2D eigenvalue weighted by Gasteiger charge is 2.20. The van der Waals surface area contributed by atoms with E-state index in [9.17, 15) is 19.5 Å². The number of amides is 1. The van der Waals surface area contributed by atoms with Crippen molar-refractivity contribution in [3.05, 3.63) is 50.1 Å². The molecule has 0 aliphatic heterocycles. The van der Waals surface area contributed by atoms with Gasteiger partial charge in [0.1, 0.15) is 18.5 Å². The Morgan fingerprint density at radius 3 is 2.72 bits per heavy atom. The Bertz CT molecular complexity index is 1150. The highest BCUT2D eigenvalue weighted by atomic mass is 35.5. The number of fused-ring (bicyclic) bond motifs is 1. The van der Waals surface area contributed by atoms with Gasteiger partial charge in [0.15, 0.2) is 16.3 Å². The van der Waals surface area contributed by atoms with Crippen molar-refractivity contribution in [2.75, 3.05) is 12.4 Å². The number of imidazole rings is 1. The predicted molar refractivity (Wildman–Crippen MR) is 108 cm³/mol. The van der Waals surface area contributed by atoms with E-state index in [0.717, 1.165) is 11.8 Å². The lowest BCUT2D eigenvalue weighted by molar-refractivity contribution is -0.115. The fourth-order valence-electron chi connectivity index (χ4n) is 2.62. The number of hydrogen-bond acceptors (Lipinski definition) is 7. The van der Waals surface area contributed by atoms with Gasteiger partial charge in [-0.2, -0.15) is 0 Å². The first-order valence-electron chi connectivity index (χ1n) is 8.43. The van der Waals surface area contributed by atoms with Crippen LogP contribution in [0.4, 0.5) is 0 Å². The molecule has 3 aromatic rings. The van der Waals surface area contributed by atoms with E-state index in [0.29, 0.717) is 10.8 Å². The number of hydrogen-bond donors (Lipinski definition) is 3. The van der Waals surface area contributed by atoms with Gasteiger partial charge in [-0.1, -0.05) is 23.4 Å². The number of aliphatic hydroxyl groups excluding tert-OH is 1. The van der Waals surface area contributed by atoms with Gasteiger partial charge in [0.2, 0.25) is 5.91 Å². The Morgan fingerprint density at radius 2 is 2.07 bits per heavy atom. The van der Waals surface area contributed by atoms with E-state index >= 15 is 0 Å². The standard InChI is InChI=1S/C17H18ClN5O5S/c1-22-14-13(15(26)21-16(22)27)23(17(20-14)29-8-12(19)25)6-10(24)7-28-11-4-2-9(18)3-5-11/h2-5,10,24H,6-8H2,1H3,(H2,19,25)(H,21,26,27)/t10-/m0/s1. The number of benzene rings is 1. The second-order valence-corrected chi connectivity index (χ2v) is 7.55. The minimum Gasteiger partial charge on any atom is -0.491 e. The van der Waals surface area contributed by atoms with Crippen molar-refractivity contribution in [1.29, 1.82) is 0 Å². The molecule has 0 radical (unpaired) electrons. The number of nitrogens with two attached hydrogens (primary N) is 1. The maximum atomic E-state index is 12.4. The number of aromatic nitrogens is 4. The summed E-state index contributed by atoms with van der Waals surface area (Å²) in [5.41, 5.74) is 4.16. The summed E-state index contributed by atoms with van der Waals surface area (Å²) in [6.45, 7) is -0.114. The quantitative estimate of drug-likeness (QED) is 0.422. The number of nitrogens with one attached hydrogen (secondary N) is 1. The van der Waals surface area contributed by atoms with E-state index in [-0.39, 0.29) is 35.2 Å². The molecular weight excluding hydrogens is 422 g/mol. The Hall–Kier alpha value is -2.76. The Labute approximate surface area is 173 Å². The number of primary amides is 1. The summed E-state index contributed by atoms with van der Waals surface area (Å²) < 4.78 is 8.15. The molecule has 0 saturated carbocycles. The van der Waals surface area contributed by atoms with Gasteiger partial charge in [0, 0.05) is 12.1 Å². The number of halogens is 1. The molecule has 1 atom stereocenters. The number of nitrogens with zero attached hydrogens (tertiary/aromatic N) is 3. The van der Waals surface area contributed by atoms with Crippen LogP contribution in [0.15, 0.2) is 39.0 Å². The predicted octanol–water partition coefficient (Wildman–Crippen LogP) is 0.0940. The second-order valence-electron chi connectivity index (χ2n) is 6.17. The summed E-state index contributed by atoms with van der Waals surface area (Å²) in [4.78, 5) is 41.8. The average molecular weight is 440 g/mol. The van der Waals surface area contributed by atoms with Crippen LogP contribution in [0.3, 0.4) is 0 Å². The van der Waals surface area contributed by atoms with Crippen LogP contribution < -0.4 is 21.7 Å². The molecule has 0 aliphatic carbocycles. The number of aryl methyl sites for hydroxylation is 1. The Kier molecular flexibility index (Phi) is 6.30. The zero-order valence-corrected chi connectivity index (χ0v) is 16.9. The van der Waals surface area contributed by atoms with Crippen LogP contribution in [-0.4, -0.2) is 48.6 Å². The zero-order valence-electron chi connectivity index (χ0n) is 15.3. The van der Waals surface area contributed by atoms with Crippen molar-refractivity contribution in [3.63, 3.8) is 0 Å². The van der Waals surface area contributed by atoms with Gasteiger partial charge in [0.05, 0.1) is 12.3 Å². The smallest absolute Gasteiger partial charge is 0.329 e. The molecule has 29 heavy (non-hydrogen) atoms.